The Kier molecular flexibility index (Phi) is 3.41. The van der Waals surface area contributed by atoms with E-state index in [-0.39, 0.29) is 5.69 Å². The minimum atomic E-state index is -0.847. The summed E-state index contributed by atoms with van der Waals surface area (Å²) in [5, 5.41) is 0. The van der Waals surface area contributed by atoms with E-state index in [1.165, 1.54) is 6.92 Å². The first kappa shape index (κ1) is 12.3. The Labute approximate surface area is 103 Å². The summed E-state index contributed by atoms with van der Waals surface area (Å²) in [6, 6.07) is 7.12. The van der Waals surface area contributed by atoms with Crippen molar-refractivity contribution in [2.75, 3.05) is 6.61 Å². The molecule has 0 fully saturated rings. The van der Waals surface area contributed by atoms with Crippen molar-refractivity contribution < 1.29 is 9.13 Å². The minimum Gasteiger partial charge on any atom is -0.494 e. The third-order valence-corrected chi connectivity index (χ3v) is 2.45. The van der Waals surface area contributed by atoms with Crippen LogP contribution in [-0.2, 0) is 0 Å². The van der Waals surface area contributed by atoms with Gasteiger partial charge in [-0.15, -0.1) is 0 Å². The van der Waals surface area contributed by atoms with E-state index in [2.05, 4.69) is 9.97 Å². The molecule has 0 spiro atoms. The van der Waals surface area contributed by atoms with Crippen LogP contribution in [-0.4, -0.2) is 16.6 Å². The zero-order valence-electron chi connectivity index (χ0n) is 10.2. The average molecular weight is 248 g/mol. The summed E-state index contributed by atoms with van der Waals surface area (Å²) < 4.78 is 18.6. The van der Waals surface area contributed by atoms with Gasteiger partial charge in [-0.3, -0.25) is 4.79 Å². The van der Waals surface area contributed by atoms with Crippen LogP contribution in [0.5, 0.6) is 5.75 Å². The lowest BCUT2D eigenvalue weighted by atomic mass is 10.2. The van der Waals surface area contributed by atoms with Crippen molar-refractivity contribution in [3.05, 3.63) is 46.1 Å². The van der Waals surface area contributed by atoms with Gasteiger partial charge < -0.3 is 9.72 Å². The van der Waals surface area contributed by atoms with E-state index >= 15 is 0 Å². The number of aromatic amines is 1. The molecule has 0 aliphatic carbocycles. The second kappa shape index (κ2) is 5.00. The molecule has 0 radical (unpaired) electrons. The molecule has 0 atom stereocenters. The van der Waals surface area contributed by atoms with Gasteiger partial charge in [0, 0.05) is 5.56 Å². The molecule has 1 aromatic heterocycles. The Balaban J connectivity index is 2.48. The van der Waals surface area contributed by atoms with Gasteiger partial charge >= 0.3 is 0 Å². The van der Waals surface area contributed by atoms with Crippen LogP contribution in [0, 0.1) is 12.7 Å². The third kappa shape index (κ3) is 2.40. The molecule has 2 aromatic rings. The maximum absolute atomic E-state index is 13.2. The Morgan fingerprint density at radius 2 is 2.22 bits per heavy atom. The first-order valence-electron chi connectivity index (χ1n) is 5.61. The van der Waals surface area contributed by atoms with Gasteiger partial charge in [-0.1, -0.05) is 12.1 Å². The van der Waals surface area contributed by atoms with Crippen LogP contribution < -0.4 is 10.3 Å². The van der Waals surface area contributed by atoms with Crippen LogP contribution in [0.4, 0.5) is 4.39 Å². The third-order valence-electron chi connectivity index (χ3n) is 2.45. The highest BCUT2D eigenvalue weighted by Crippen LogP contribution is 2.20. The maximum atomic E-state index is 13.2. The number of aromatic nitrogens is 2. The van der Waals surface area contributed by atoms with Crippen LogP contribution >= 0.6 is 0 Å². The van der Waals surface area contributed by atoms with Gasteiger partial charge in [0.15, 0.2) is 0 Å². The summed E-state index contributed by atoms with van der Waals surface area (Å²) >= 11 is 0. The zero-order valence-corrected chi connectivity index (χ0v) is 10.2. The highest BCUT2D eigenvalue weighted by Gasteiger charge is 2.09. The molecular formula is C13H13FN2O2. The Morgan fingerprint density at radius 1 is 1.44 bits per heavy atom. The molecule has 0 unspecified atom stereocenters. The largest absolute Gasteiger partial charge is 0.494 e. The van der Waals surface area contributed by atoms with Crippen molar-refractivity contribution in [3.8, 4) is 17.1 Å². The van der Waals surface area contributed by atoms with Gasteiger partial charge in [0.2, 0.25) is 5.82 Å². The quantitative estimate of drug-likeness (QED) is 0.906. The Bertz CT molecular complexity index is 623. The molecule has 0 aliphatic rings. The van der Waals surface area contributed by atoms with Crippen molar-refractivity contribution in [2.45, 2.75) is 13.8 Å². The first-order chi connectivity index (χ1) is 8.61. The van der Waals surface area contributed by atoms with E-state index in [0.29, 0.717) is 23.7 Å². The standard InChI is InChI=1S/C13H13FN2O2/c1-3-18-10-6-4-5-9(7-10)12-15-8(2)11(14)13(17)16-12/h4-7H,3H2,1-2H3,(H,15,16,17). The zero-order chi connectivity index (χ0) is 13.1. The van der Waals surface area contributed by atoms with E-state index in [9.17, 15) is 9.18 Å². The summed E-state index contributed by atoms with van der Waals surface area (Å²) in [5.74, 6) is 0.166. The van der Waals surface area contributed by atoms with Crippen molar-refractivity contribution >= 4 is 0 Å². The van der Waals surface area contributed by atoms with E-state index in [1.807, 2.05) is 13.0 Å². The molecule has 18 heavy (non-hydrogen) atoms. The Morgan fingerprint density at radius 3 is 2.89 bits per heavy atom. The fourth-order valence-corrected chi connectivity index (χ4v) is 1.61. The molecule has 2 rings (SSSR count). The number of hydrogen-bond acceptors (Lipinski definition) is 3. The molecule has 0 saturated heterocycles. The van der Waals surface area contributed by atoms with Crippen LogP contribution in [0.2, 0.25) is 0 Å². The van der Waals surface area contributed by atoms with Crippen LogP contribution in [0.25, 0.3) is 11.4 Å². The fraction of sp³-hybridized carbons (Fsp3) is 0.231. The topological polar surface area (TPSA) is 55.0 Å². The molecule has 5 heteroatoms. The molecule has 1 aromatic carbocycles. The lowest BCUT2D eigenvalue weighted by molar-refractivity contribution is 0.340. The number of ether oxygens (including phenoxy) is 1. The lowest BCUT2D eigenvalue weighted by Gasteiger charge is -2.06. The van der Waals surface area contributed by atoms with Crippen LogP contribution in [0.1, 0.15) is 12.6 Å². The van der Waals surface area contributed by atoms with Gasteiger partial charge in [0.1, 0.15) is 11.6 Å². The molecule has 1 N–H and O–H groups in total. The summed E-state index contributed by atoms with van der Waals surface area (Å²) in [4.78, 5) is 17.8. The number of hydrogen-bond donors (Lipinski definition) is 1. The number of nitrogens with zero attached hydrogens (tertiary/aromatic N) is 1. The van der Waals surface area contributed by atoms with E-state index in [4.69, 9.17) is 4.74 Å². The van der Waals surface area contributed by atoms with E-state index in [1.54, 1.807) is 18.2 Å². The summed E-state index contributed by atoms with van der Waals surface area (Å²) in [6.45, 7) is 3.89. The van der Waals surface area contributed by atoms with Crippen molar-refractivity contribution in [2.24, 2.45) is 0 Å². The summed E-state index contributed by atoms with van der Waals surface area (Å²) in [7, 11) is 0. The molecule has 0 aliphatic heterocycles. The number of aryl methyl sites for hydroxylation is 1. The fourth-order valence-electron chi connectivity index (χ4n) is 1.61. The van der Waals surface area contributed by atoms with Gasteiger partial charge in [-0.05, 0) is 26.0 Å². The number of halogens is 1. The molecule has 1 heterocycles. The second-order valence-corrected chi connectivity index (χ2v) is 3.77. The van der Waals surface area contributed by atoms with Crippen molar-refractivity contribution in [1.29, 1.82) is 0 Å². The van der Waals surface area contributed by atoms with Gasteiger partial charge in [0.05, 0.1) is 12.3 Å². The number of nitrogens with one attached hydrogen (secondary N) is 1. The molecule has 0 amide bonds. The number of rotatable bonds is 3. The highest BCUT2D eigenvalue weighted by atomic mass is 19.1. The number of H-pyrrole nitrogens is 1. The number of benzene rings is 1. The second-order valence-electron chi connectivity index (χ2n) is 3.77. The SMILES string of the molecule is CCOc1cccc(-c2nc(C)c(F)c(=O)[nH]2)c1. The maximum Gasteiger partial charge on any atom is 0.287 e. The molecule has 0 bridgehead atoms. The molecule has 94 valence electrons. The van der Waals surface area contributed by atoms with Crippen LogP contribution in [0.15, 0.2) is 29.1 Å². The molecular weight excluding hydrogens is 235 g/mol. The van der Waals surface area contributed by atoms with E-state index < -0.39 is 11.4 Å². The Hall–Kier alpha value is -2.17. The first-order valence-corrected chi connectivity index (χ1v) is 5.61. The summed E-state index contributed by atoms with van der Waals surface area (Å²) in [5.41, 5.74) is -0.00368. The van der Waals surface area contributed by atoms with Crippen molar-refractivity contribution in [1.82, 2.24) is 9.97 Å². The van der Waals surface area contributed by atoms with Gasteiger partial charge in [-0.2, -0.15) is 4.39 Å². The monoisotopic (exact) mass is 248 g/mol. The molecule has 0 saturated carbocycles. The highest BCUT2D eigenvalue weighted by molar-refractivity contribution is 5.57. The van der Waals surface area contributed by atoms with Crippen molar-refractivity contribution in [3.63, 3.8) is 0 Å². The predicted molar refractivity (Wildman–Crippen MR) is 66.2 cm³/mol. The average Bonchev–Trinajstić information content (AvgIpc) is 2.36. The minimum absolute atomic E-state index is 0.0792. The van der Waals surface area contributed by atoms with Gasteiger partial charge in [0.25, 0.3) is 5.56 Å². The predicted octanol–water partition coefficient (Wildman–Crippen LogP) is 2.28. The van der Waals surface area contributed by atoms with Gasteiger partial charge in [-0.25, -0.2) is 4.98 Å². The summed E-state index contributed by atoms with van der Waals surface area (Å²) in [6.07, 6.45) is 0. The van der Waals surface area contributed by atoms with Crippen LogP contribution in [0.3, 0.4) is 0 Å². The van der Waals surface area contributed by atoms with E-state index in [0.717, 1.165) is 0 Å². The normalized spacial score (nSPS) is 10.4. The molecule has 4 nitrogen and oxygen atoms in total. The smallest absolute Gasteiger partial charge is 0.287 e. The lowest BCUT2D eigenvalue weighted by Crippen LogP contribution is -2.15.